The van der Waals surface area contributed by atoms with E-state index in [9.17, 15) is 14.4 Å². The molecule has 1 fully saturated rings. The van der Waals surface area contributed by atoms with Crippen LogP contribution in [0.3, 0.4) is 0 Å². The molecule has 0 saturated carbocycles. The first-order valence-electron chi connectivity index (χ1n) is 7.93. The molecule has 0 spiro atoms. The summed E-state index contributed by atoms with van der Waals surface area (Å²) in [5.41, 5.74) is 1.00. The van der Waals surface area contributed by atoms with E-state index in [0.29, 0.717) is 16.2 Å². The molecule has 8 nitrogen and oxygen atoms in total. The van der Waals surface area contributed by atoms with Crippen molar-refractivity contribution >= 4 is 44.6 Å². The van der Waals surface area contributed by atoms with Crippen LogP contribution in [0.5, 0.6) is 0 Å². The summed E-state index contributed by atoms with van der Waals surface area (Å²) in [7, 11) is 3.56. The van der Waals surface area contributed by atoms with Gasteiger partial charge in [-0.15, -0.1) is 5.10 Å². The molecule has 0 radical (unpaired) electrons. The van der Waals surface area contributed by atoms with Crippen LogP contribution in [-0.4, -0.2) is 55.8 Å². The largest absolute Gasteiger partial charge is 0.382 e. The molecule has 1 aliphatic heterocycles. The average Bonchev–Trinajstić information content (AvgIpc) is 3.15. The first kappa shape index (κ1) is 19.3. The second kappa shape index (κ2) is 8.05. The van der Waals surface area contributed by atoms with Gasteiger partial charge in [0.25, 0.3) is 11.1 Å². The first-order chi connectivity index (χ1) is 12.8. The molecule has 10 heteroatoms. The number of hydrogen-bond acceptors (Lipinski definition) is 7. The van der Waals surface area contributed by atoms with E-state index in [1.807, 2.05) is 0 Å². The number of carbonyl (C=O) groups excluding carboxylic acids is 3. The van der Waals surface area contributed by atoms with Crippen molar-refractivity contribution in [2.45, 2.75) is 13.1 Å². The molecule has 0 N–H and O–H groups in total. The van der Waals surface area contributed by atoms with Gasteiger partial charge in [0.05, 0.1) is 17.6 Å². The van der Waals surface area contributed by atoms with Gasteiger partial charge in [-0.3, -0.25) is 19.3 Å². The standard InChI is InChI=1S/C17H16BrN5O3S/c1-21(2)10-15-16(25)23(17(26)27-15)8-13-7-22(20-19-13)9-14(24)11-3-5-12(18)6-4-11/h3-7,10H,8-9H2,1-2H3/b15-10-. The molecule has 27 heavy (non-hydrogen) atoms. The minimum absolute atomic E-state index is 0.0158. The number of hydrogen-bond donors (Lipinski definition) is 0. The monoisotopic (exact) mass is 449 g/mol. The van der Waals surface area contributed by atoms with Gasteiger partial charge in [0.1, 0.15) is 12.2 Å². The van der Waals surface area contributed by atoms with Gasteiger partial charge in [0, 0.05) is 30.3 Å². The van der Waals surface area contributed by atoms with Crippen molar-refractivity contribution in [1.82, 2.24) is 24.8 Å². The lowest BCUT2D eigenvalue weighted by molar-refractivity contribution is -0.123. The van der Waals surface area contributed by atoms with Crippen LogP contribution in [0.1, 0.15) is 16.1 Å². The molecule has 0 unspecified atom stereocenters. The molecular formula is C17H16BrN5O3S. The van der Waals surface area contributed by atoms with Crippen LogP contribution in [0, 0.1) is 0 Å². The van der Waals surface area contributed by atoms with Gasteiger partial charge in [-0.2, -0.15) is 0 Å². The lowest BCUT2D eigenvalue weighted by Crippen LogP contribution is -2.28. The molecule has 2 amide bonds. The highest BCUT2D eigenvalue weighted by atomic mass is 79.9. The highest BCUT2D eigenvalue weighted by Gasteiger charge is 2.35. The van der Waals surface area contributed by atoms with E-state index in [-0.39, 0.29) is 30.0 Å². The van der Waals surface area contributed by atoms with Gasteiger partial charge in [0.15, 0.2) is 5.78 Å². The van der Waals surface area contributed by atoms with Crippen molar-refractivity contribution in [3.05, 3.63) is 57.3 Å². The average molecular weight is 450 g/mol. The van der Waals surface area contributed by atoms with Crippen LogP contribution in [0.25, 0.3) is 0 Å². The van der Waals surface area contributed by atoms with E-state index in [4.69, 9.17) is 0 Å². The van der Waals surface area contributed by atoms with E-state index >= 15 is 0 Å². The molecule has 2 heterocycles. The van der Waals surface area contributed by atoms with E-state index in [1.165, 1.54) is 4.68 Å². The number of carbonyl (C=O) groups is 3. The third-order valence-electron chi connectivity index (χ3n) is 3.63. The minimum atomic E-state index is -0.362. The molecule has 1 aromatic carbocycles. The number of amides is 2. The summed E-state index contributed by atoms with van der Waals surface area (Å²) in [4.78, 5) is 39.9. The number of ketones is 1. The lowest BCUT2D eigenvalue weighted by Gasteiger charge is -2.10. The number of Topliss-reactive ketones (excluding diaryl/α,β-unsaturated/α-hetero) is 1. The summed E-state index contributed by atoms with van der Waals surface area (Å²) in [5, 5.41) is 7.53. The van der Waals surface area contributed by atoms with Crippen LogP contribution in [0.15, 0.2) is 46.0 Å². The Hall–Kier alpha value is -2.46. The SMILES string of the molecule is CN(C)/C=C1\SC(=O)N(Cc2cn(CC(=O)c3ccc(Br)cc3)nn2)C1=O. The molecule has 1 aromatic heterocycles. The van der Waals surface area contributed by atoms with Crippen molar-refractivity contribution in [3.8, 4) is 0 Å². The number of nitrogens with zero attached hydrogens (tertiary/aromatic N) is 5. The Kier molecular flexibility index (Phi) is 5.76. The van der Waals surface area contributed by atoms with Crippen molar-refractivity contribution in [3.63, 3.8) is 0 Å². The molecule has 1 saturated heterocycles. The second-order valence-corrected chi connectivity index (χ2v) is 7.96. The summed E-state index contributed by atoms with van der Waals surface area (Å²) in [6.45, 7) is 0.0406. The predicted molar refractivity (Wildman–Crippen MR) is 104 cm³/mol. The molecule has 0 bridgehead atoms. The minimum Gasteiger partial charge on any atom is -0.382 e. The zero-order valence-corrected chi connectivity index (χ0v) is 17.0. The number of benzene rings is 1. The Balaban J connectivity index is 1.66. The zero-order chi connectivity index (χ0) is 19.6. The molecule has 2 aromatic rings. The van der Waals surface area contributed by atoms with Gasteiger partial charge in [-0.05, 0) is 23.9 Å². The van der Waals surface area contributed by atoms with E-state index in [1.54, 1.807) is 55.7 Å². The predicted octanol–water partition coefficient (Wildman–Crippen LogP) is 2.52. The van der Waals surface area contributed by atoms with Crippen molar-refractivity contribution in [1.29, 1.82) is 0 Å². The summed E-state index contributed by atoms with van der Waals surface area (Å²) in [5.74, 6) is -0.474. The van der Waals surface area contributed by atoms with Crippen LogP contribution in [0.4, 0.5) is 4.79 Å². The number of aromatic nitrogens is 3. The first-order valence-corrected chi connectivity index (χ1v) is 9.54. The fourth-order valence-corrected chi connectivity index (χ4v) is 3.56. The normalized spacial score (nSPS) is 15.7. The summed E-state index contributed by atoms with van der Waals surface area (Å²) < 4.78 is 2.29. The number of imide groups is 1. The number of rotatable bonds is 6. The van der Waals surface area contributed by atoms with Gasteiger partial charge < -0.3 is 4.90 Å². The smallest absolute Gasteiger partial charge is 0.293 e. The fourth-order valence-electron chi connectivity index (χ4n) is 2.39. The maximum absolute atomic E-state index is 12.3. The molecule has 0 atom stereocenters. The van der Waals surface area contributed by atoms with Gasteiger partial charge in [-0.1, -0.05) is 33.3 Å². The fraction of sp³-hybridized carbons (Fsp3) is 0.235. The molecule has 3 rings (SSSR count). The third-order valence-corrected chi connectivity index (χ3v) is 5.05. The Labute approximate surface area is 168 Å². The number of halogens is 1. The number of thioether (sulfide) groups is 1. The Morgan fingerprint density at radius 2 is 1.96 bits per heavy atom. The molecular weight excluding hydrogens is 434 g/mol. The van der Waals surface area contributed by atoms with Gasteiger partial charge in [-0.25, -0.2) is 4.68 Å². The van der Waals surface area contributed by atoms with Crippen LogP contribution in [0.2, 0.25) is 0 Å². The molecule has 140 valence electrons. The van der Waals surface area contributed by atoms with Crippen LogP contribution in [-0.2, 0) is 17.9 Å². The Morgan fingerprint density at radius 3 is 2.63 bits per heavy atom. The third kappa shape index (κ3) is 4.64. The van der Waals surface area contributed by atoms with Gasteiger partial charge >= 0.3 is 0 Å². The highest BCUT2D eigenvalue weighted by molar-refractivity contribution is 9.10. The lowest BCUT2D eigenvalue weighted by atomic mass is 10.1. The summed E-state index contributed by atoms with van der Waals surface area (Å²) in [6, 6.07) is 7.03. The maximum atomic E-state index is 12.3. The van der Waals surface area contributed by atoms with E-state index in [0.717, 1.165) is 21.1 Å². The highest BCUT2D eigenvalue weighted by Crippen LogP contribution is 2.31. The van der Waals surface area contributed by atoms with Crippen molar-refractivity contribution in [2.24, 2.45) is 0 Å². The topological polar surface area (TPSA) is 88.4 Å². The van der Waals surface area contributed by atoms with Crippen LogP contribution >= 0.6 is 27.7 Å². The van der Waals surface area contributed by atoms with E-state index in [2.05, 4.69) is 26.2 Å². The maximum Gasteiger partial charge on any atom is 0.293 e. The van der Waals surface area contributed by atoms with Gasteiger partial charge in [0.2, 0.25) is 0 Å². The van der Waals surface area contributed by atoms with E-state index < -0.39 is 0 Å². The second-order valence-electron chi connectivity index (χ2n) is 6.05. The zero-order valence-electron chi connectivity index (χ0n) is 14.6. The van der Waals surface area contributed by atoms with Crippen molar-refractivity contribution < 1.29 is 14.4 Å². The van der Waals surface area contributed by atoms with Crippen molar-refractivity contribution in [2.75, 3.05) is 14.1 Å². The Bertz CT molecular complexity index is 923. The van der Waals surface area contributed by atoms with Crippen LogP contribution < -0.4 is 0 Å². The molecule has 0 aliphatic carbocycles. The summed E-state index contributed by atoms with van der Waals surface area (Å²) >= 11 is 4.22. The Morgan fingerprint density at radius 1 is 1.26 bits per heavy atom. The molecule has 1 aliphatic rings. The summed E-state index contributed by atoms with van der Waals surface area (Å²) in [6.07, 6.45) is 3.17. The quantitative estimate of drug-likeness (QED) is 0.494.